The van der Waals surface area contributed by atoms with E-state index in [-0.39, 0.29) is 10.6 Å². The number of aryl methyl sites for hydroxylation is 1. The minimum atomic E-state index is -0.703. The quantitative estimate of drug-likeness (QED) is 0.816. The van der Waals surface area contributed by atoms with Crippen molar-refractivity contribution in [3.63, 3.8) is 0 Å². The SMILES string of the molecule is Cn1ncnc1Sc1c(F)cc(N)cc1F. The molecule has 2 rings (SSSR count). The average molecular weight is 242 g/mol. The van der Waals surface area contributed by atoms with Crippen molar-refractivity contribution in [2.45, 2.75) is 10.1 Å². The van der Waals surface area contributed by atoms with Gasteiger partial charge in [0, 0.05) is 12.7 Å². The molecule has 1 heterocycles. The van der Waals surface area contributed by atoms with E-state index in [0.29, 0.717) is 5.16 Å². The number of anilines is 1. The van der Waals surface area contributed by atoms with E-state index in [1.807, 2.05) is 0 Å². The number of nitrogen functional groups attached to an aromatic ring is 1. The van der Waals surface area contributed by atoms with E-state index in [4.69, 9.17) is 5.73 Å². The van der Waals surface area contributed by atoms with Crippen LogP contribution >= 0.6 is 11.8 Å². The van der Waals surface area contributed by atoms with Gasteiger partial charge in [-0.15, -0.1) is 0 Å². The molecule has 0 fully saturated rings. The van der Waals surface area contributed by atoms with E-state index in [9.17, 15) is 8.78 Å². The summed E-state index contributed by atoms with van der Waals surface area (Å²) in [6, 6.07) is 2.14. The number of hydrogen-bond donors (Lipinski definition) is 1. The summed E-state index contributed by atoms with van der Waals surface area (Å²) in [5.41, 5.74) is 5.36. The highest BCUT2D eigenvalue weighted by atomic mass is 32.2. The lowest BCUT2D eigenvalue weighted by Gasteiger charge is -2.04. The Morgan fingerprint density at radius 3 is 2.44 bits per heavy atom. The first-order chi connectivity index (χ1) is 7.58. The van der Waals surface area contributed by atoms with Crippen LogP contribution in [-0.4, -0.2) is 14.8 Å². The number of benzene rings is 1. The van der Waals surface area contributed by atoms with Crippen LogP contribution in [0.4, 0.5) is 14.5 Å². The highest BCUT2D eigenvalue weighted by Gasteiger charge is 2.14. The lowest BCUT2D eigenvalue weighted by Crippen LogP contribution is -1.96. The van der Waals surface area contributed by atoms with Gasteiger partial charge in [-0.05, 0) is 23.9 Å². The lowest BCUT2D eigenvalue weighted by atomic mass is 10.3. The van der Waals surface area contributed by atoms with Crippen LogP contribution in [0.3, 0.4) is 0 Å². The molecule has 0 unspecified atom stereocenters. The Hall–Kier alpha value is -1.63. The molecular weight excluding hydrogens is 234 g/mol. The van der Waals surface area contributed by atoms with Crippen LogP contribution in [-0.2, 0) is 7.05 Å². The molecule has 7 heteroatoms. The molecule has 16 heavy (non-hydrogen) atoms. The van der Waals surface area contributed by atoms with Crippen molar-refractivity contribution in [3.05, 3.63) is 30.1 Å². The van der Waals surface area contributed by atoms with Gasteiger partial charge in [-0.3, -0.25) is 0 Å². The number of nitrogens with zero attached hydrogens (tertiary/aromatic N) is 3. The monoisotopic (exact) mass is 242 g/mol. The van der Waals surface area contributed by atoms with Gasteiger partial charge >= 0.3 is 0 Å². The first-order valence-electron chi connectivity index (χ1n) is 4.34. The molecular formula is C9H8F2N4S. The van der Waals surface area contributed by atoms with E-state index >= 15 is 0 Å². The van der Waals surface area contributed by atoms with Crippen LogP contribution in [0.5, 0.6) is 0 Å². The van der Waals surface area contributed by atoms with Crippen LogP contribution < -0.4 is 5.73 Å². The highest BCUT2D eigenvalue weighted by Crippen LogP contribution is 2.31. The summed E-state index contributed by atoms with van der Waals surface area (Å²) in [7, 11) is 1.64. The Morgan fingerprint density at radius 1 is 1.31 bits per heavy atom. The predicted molar refractivity (Wildman–Crippen MR) is 55.9 cm³/mol. The molecule has 0 atom stereocenters. The molecule has 0 spiro atoms. The van der Waals surface area contributed by atoms with E-state index in [1.54, 1.807) is 7.05 Å². The third kappa shape index (κ3) is 1.99. The summed E-state index contributed by atoms with van der Waals surface area (Å²) in [6.45, 7) is 0. The molecule has 1 aromatic heterocycles. The third-order valence-electron chi connectivity index (χ3n) is 1.88. The van der Waals surface area contributed by atoms with Crippen molar-refractivity contribution in [1.82, 2.24) is 14.8 Å². The van der Waals surface area contributed by atoms with Crippen molar-refractivity contribution in [2.24, 2.45) is 7.05 Å². The van der Waals surface area contributed by atoms with Crippen molar-refractivity contribution in [2.75, 3.05) is 5.73 Å². The van der Waals surface area contributed by atoms with E-state index < -0.39 is 11.6 Å². The molecule has 0 bridgehead atoms. The Bertz CT molecular complexity index is 503. The molecule has 2 aromatic rings. The van der Waals surface area contributed by atoms with Crippen molar-refractivity contribution in [1.29, 1.82) is 0 Å². The smallest absolute Gasteiger partial charge is 0.190 e. The maximum absolute atomic E-state index is 13.4. The standard InChI is InChI=1S/C9H8F2N4S/c1-15-9(13-4-14-15)16-8-6(10)2-5(12)3-7(8)11/h2-4H,12H2,1H3. The average Bonchev–Trinajstić information content (AvgIpc) is 2.57. The number of nitrogens with two attached hydrogens (primary N) is 1. The van der Waals surface area contributed by atoms with Gasteiger partial charge in [-0.25, -0.2) is 18.4 Å². The number of aromatic nitrogens is 3. The zero-order valence-corrected chi connectivity index (χ0v) is 9.13. The van der Waals surface area contributed by atoms with Gasteiger partial charge in [0.2, 0.25) is 0 Å². The summed E-state index contributed by atoms with van der Waals surface area (Å²) in [5, 5.41) is 4.21. The second-order valence-corrected chi connectivity index (χ2v) is 4.06. The van der Waals surface area contributed by atoms with Gasteiger partial charge in [0.1, 0.15) is 18.0 Å². The number of rotatable bonds is 2. The van der Waals surface area contributed by atoms with Gasteiger partial charge < -0.3 is 5.73 Å². The minimum absolute atomic E-state index is 0.0531. The molecule has 0 radical (unpaired) electrons. The Morgan fingerprint density at radius 2 is 1.94 bits per heavy atom. The van der Waals surface area contributed by atoms with E-state index in [0.717, 1.165) is 23.9 Å². The molecule has 0 amide bonds. The molecule has 0 saturated carbocycles. The van der Waals surface area contributed by atoms with Crippen LogP contribution in [0.25, 0.3) is 0 Å². The molecule has 84 valence electrons. The zero-order chi connectivity index (χ0) is 11.7. The molecule has 2 N–H and O–H groups in total. The number of halogens is 2. The normalized spacial score (nSPS) is 10.7. The largest absolute Gasteiger partial charge is 0.399 e. The maximum Gasteiger partial charge on any atom is 0.190 e. The summed E-state index contributed by atoms with van der Waals surface area (Å²) in [6.07, 6.45) is 1.31. The predicted octanol–water partition coefficient (Wildman–Crippen LogP) is 1.83. The lowest BCUT2D eigenvalue weighted by molar-refractivity contribution is 0.540. The minimum Gasteiger partial charge on any atom is -0.399 e. The molecule has 0 saturated heterocycles. The Balaban J connectivity index is 2.39. The molecule has 1 aromatic carbocycles. The van der Waals surface area contributed by atoms with Crippen LogP contribution in [0.1, 0.15) is 0 Å². The van der Waals surface area contributed by atoms with Gasteiger partial charge in [-0.2, -0.15) is 5.10 Å². The molecule has 0 aliphatic heterocycles. The molecule has 4 nitrogen and oxygen atoms in total. The van der Waals surface area contributed by atoms with Crippen molar-refractivity contribution >= 4 is 17.4 Å². The first-order valence-corrected chi connectivity index (χ1v) is 5.16. The third-order valence-corrected chi connectivity index (χ3v) is 3.03. The second-order valence-electron chi connectivity index (χ2n) is 3.08. The topological polar surface area (TPSA) is 56.7 Å². The Kier molecular flexibility index (Phi) is 2.78. The second kappa shape index (κ2) is 4.09. The van der Waals surface area contributed by atoms with Crippen LogP contribution in [0.15, 0.2) is 28.5 Å². The molecule has 0 aliphatic carbocycles. The zero-order valence-electron chi connectivity index (χ0n) is 8.32. The van der Waals surface area contributed by atoms with E-state index in [2.05, 4.69) is 10.1 Å². The van der Waals surface area contributed by atoms with Crippen LogP contribution in [0, 0.1) is 11.6 Å². The van der Waals surface area contributed by atoms with Crippen molar-refractivity contribution < 1.29 is 8.78 Å². The Labute approximate surface area is 94.5 Å². The summed E-state index contributed by atoms with van der Waals surface area (Å²) in [4.78, 5) is 3.73. The summed E-state index contributed by atoms with van der Waals surface area (Å²) < 4.78 is 28.3. The fraction of sp³-hybridized carbons (Fsp3) is 0.111. The van der Waals surface area contributed by atoms with Gasteiger partial charge in [-0.1, -0.05) is 0 Å². The molecule has 0 aliphatic rings. The first kappa shape index (κ1) is 10.9. The summed E-state index contributed by atoms with van der Waals surface area (Å²) in [5.74, 6) is -1.41. The van der Waals surface area contributed by atoms with Crippen molar-refractivity contribution in [3.8, 4) is 0 Å². The highest BCUT2D eigenvalue weighted by molar-refractivity contribution is 7.99. The summed E-state index contributed by atoms with van der Waals surface area (Å²) >= 11 is 0.867. The van der Waals surface area contributed by atoms with Crippen LogP contribution in [0.2, 0.25) is 0 Å². The number of hydrogen-bond acceptors (Lipinski definition) is 4. The fourth-order valence-corrected chi connectivity index (χ4v) is 1.92. The van der Waals surface area contributed by atoms with Gasteiger partial charge in [0.25, 0.3) is 0 Å². The maximum atomic E-state index is 13.4. The fourth-order valence-electron chi connectivity index (χ4n) is 1.15. The van der Waals surface area contributed by atoms with E-state index in [1.165, 1.54) is 11.0 Å². The van der Waals surface area contributed by atoms with Gasteiger partial charge in [0.15, 0.2) is 5.16 Å². The van der Waals surface area contributed by atoms with Gasteiger partial charge in [0.05, 0.1) is 4.90 Å².